The van der Waals surface area contributed by atoms with Crippen molar-refractivity contribution in [1.82, 2.24) is 9.97 Å². The summed E-state index contributed by atoms with van der Waals surface area (Å²) >= 11 is 5.61. The van der Waals surface area contributed by atoms with E-state index in [4.69, 9.17) is 11.6 Å². The number of anilines is 1. The molecule has 1 atom stereocenters. The Morgan fingerprint density at radius 3 is 2.61 bits per heavy atom. The third-order valence-electron chi connectivity index (χ3n) is 2.49. The van der Waals surface area contributed by atoms with Crippen LogP contribution >= 0.6 is 11.6 Å². The van der Waals surface area contributed by atoms with Crippen LogP contribution in [-0.4, -0.2) is 36.6 Å². The zero-order valence-electron chi connectivity index (χ0n) is 9.08. The van der Waals surface area contributed by atoms with Crippen molar-refractivity contribution in [3.63, 3.8) is 0 Å². The first-order valence-electron chi connectivity index (χ1n) is 5.05. The van der Waals surface area contributed by atoms with E-state index in [0.717, 1.165) is 0 Å². The second-order valence-electron chi connectivity index (χ2n) is 3.98. The van der Waals surface area contributed by atoms with Crippen molar-refractivity contribution in [1.29, 1.82) is 0 Å². The van der Waals surface area contributed by atoms with Gasteiger partial charge in [-0.05, 0) is 0 Å². The number of carbonyl (C=O) groups is 1. The fourth-order valence-corrected chi connectivity index (χ4v) is 2.70. The molecule has 6 nitrogen and oxygen atoms in total. The molecule has 0 bridgehead atoms. The first-order valence-corrected chi connectivity index (χ1v) is 6.98. The van der Waals surface area contributed by atoms with E-state index < -0.39 is 21.9 Å². The van der Waals surface area contributed by atoms with Gasteiger partial charge in [0.15, 0.2) is 0 Å². The summed E-state index contributed by atoms with van der Waals surface area (Å²) < 4.78 is 33.6. The van der Waals surface area contributed by atoms with Crippen molar-refractivity contribution in [2.24, 2.45) is 5.92 Å². The summed E-state index contributed by atoms with van der Waals surface area (Å²) in [6.45, 7) is 0.0869. The van der Waals surface area contributed by atoms with E-state index in [1.165, 1.54) is 17.3 Å². The minimum Gasteiger partial charge on any atom is -0.280 e. The maximum Gasteiger partial charge on any atom is 0.302 e. The Balaban J connectivity index is 2.12. The van der Waals surface area contributed by atoms with Crippen LogP contribution in [0.15, 0.2) is 12.4 Å². The van der Waals surface area contributed by atoms with Gasteiger partial charge in [0.2, 0.25) is 11.9 Å². The number of halogens is 2. The van der Waals surface area contributed by atoms with E-state index in [1.807, 2.05) is 0 Å². The average molecular weight is 294 g/mol. The smallest absolute Gasteiger partial charge is 0.280 e. The van der Waals surface area contributed by atoms with Crippen LogP contribution in [0.3, 0.4) is 0 Å². The summed E-state index contributed by atoms with van der Waals surface area (Å²) in [4.78, 5) is 20.6. The molecule has 1 amide bonds. The quantitative estimate of drug-likeness (QED) is 0.770. The van der Waals surface area contributed by atoms with Crippen LogP contribution in [0.25, 0.3) is 0 Å². The second kappa shape index (κ2) is 4.77. The van der Waals surface area contributed by atoms with Gasteiger partial charge in [-0.1, -0.05) is 11.6 Å². The number of hydrogen-bond acceptors (Lipinski definition) is 5. The molecule has 1 aromatic rings. The Morgan fingerprint density at radius 1 is 1.44 bits per heavy atom. The molecule has 0 saturated carbocycles. The molecule has 1 saturated heterocycles. The van der Waals surface area contributed by atoms with Gasteiger partial charge in [-0.25, -0.2) is 9.97 Å². The highest BCUT2D eigenvalue weighted by molar-refractivity contribution is 7.86. The molecule has 0 spiro atoms. The lowest BCUT2D eigenvalue weighted by molar-refractivity contribution is -0.117. The summed E-state index contributed by atoms with van der Waals surface area (Å²) in [7, 11) is -4.58. The first-order chi connectivity index (χ1) is 8.35. The predicted molar refractivity (Wildman–Crippen MR) is 62.4 cm³/mol. The maximum atomic E-state index is 12.5. The molecule has 2 heterocycles. The van der Waals surface area contributed by atoms with E-state index in [1.54, 1.807) is 0 Å². The van der Waals surface area contributed by atoms with E-state index in [2.05, 4.69) is 9.97 Å². The fourth-order valence-electron chi connectivity index (χ4n) is 1.81. The monoisotopic (exact) mass is 293 g/mol. The summed E-state index contributed by atoms with van der Waals surface area (Å²) in [5.74, 6) is -1.43. The molecule has 98 valence electrons. The predicted octanol–water partition coefficient (Wildman–Crippen LogP) is 0.782. The van der Waals surface area contributed by atoms with Gasteiger partial charge in [0.25, 0.3) is 0 Å². The van der Waals surface area contributed by atoms with Gasteiger partial charge < -0.3 is 0 Å². The standard InChI is InChI=1S/C9H9ClFN3O3S/c10-7-2-12-9(13-3-7)14-4-6(1-8(14)15)5-18(11,16)17/h2-3,6H,1,4-5H2. The third kappa shape index (κ3) is 3.14. The number of amides is 1. The fraction of sp³-hybridized carbons (Fsp3) is 0.444. The molecular formula is C9H9ClFN3O3S. The first kappa shape index (κ1) is 13.2. The maximum absolute atomic E-state index is 12.5. The lowest BCUT2D eigenvalue weighted by Crippen LogP contribution is -2.27. The Morgan fingerprint density at radius 2 is 2.06 bits per heavy atom. The zero-order chi connectivity index (χ0) is 13.3. The molecule has 1 aromatic heterocycles. The largest absolute Gasteiger partial charge is 0.302 e. The molecule has 1 aliphatic heterocycles. The van der Waals surface area contributed by atoms with E-state index in [9.17, 15) is 17.1 Å². The normalized spacial score (nSPS) is 20.4. The molecule has 18 heavy (non-hydrogen) atoms. The molecular weight excluding hydrogens is 285 g/mol. The van der Waals surface area contributed by atoms with E-state index >= 15 is 0 Å². The Bertz CT molecular complexity index is 563. The summed E-state index contributed by atoms with van der Waals surface area (Å²) in [5.41, 5.74) is 0. The van der Waals surface area contributed by atoms with Crippen molar-refractivity contribution < 1.29 is 17.1 Å². The highest BCUT2D eigenvalue weighted by Gasteiger charge is 2.34. The van der Waals surface area contributed by atoms with E-state index in [-0.39, 0.29) is 24.8 Å². The van der Waals surface area contributed by atoms with Gasteiger partial charge in [0.05, 0.1) is 23.2 Å². The van der Waals surface area contributed by atoms with Crippen molar-refractivity contribution in [2.75, 3.05) is 17.2 Å². The lowest BCUT2D eigenvalue weighted by atomic mass is 10.1. The van der Waals surface area contributed by atoms with Gasteiger partial charge in [0.1, 0.15) is 0 Å². The molecule has 0 aliphatic carbocycles. The number of carbonyl (C=O) groups excluding carboxylic acids is 1. The van der Waals surface area contributed by atoms with Crippen LogP contribution in [0.4, 0.5) is 9.83 Å². The number of hydrogen-bond donors (Lipinski definition) is 0. The number of aromatic nitrogens is 2. The molecule has 0 radical (unpaired) electrons. The van der Waals surface area contributed by atoms with Crippen molar-refractivity contribution in [3.05, 3.63) is 17.4 Å². The molecule has 0 N–H and O–H groups in total. The Labute approximate surface area is 108 Å². The molecule has 0 aromatic carbocycles. The van der Waals surface area contributed by atoms with Crippen molar-refractivity contribution >= 4 is 33.7 Å². The van der Waals surface area contributed by atoms with Gasteiger partial charge in [-0.15, -0.1) is 3.89 Å². The van der Waals surface area contributed by atoms with Crippen LogP contribution in [-0.2, 0) is 15.0 Å². The van der Waals surface area contributed by atoms with Gasteiger partial charge in [-0.3, -0.25) is 9.69 Å². The number of rotatable bonds is 3. The highest BCUT2D eigenvalue weighted by Crippen LogP contribution is 2.23. The summed E-state index contributed by atoms with van der Waals surface area (Å²) in [6, 6.07) is 0. The molecule has 2 rings (SSSR count). The molecule has 9 heteroatoms. The second-order valence-corrected chi connectivity index (χ2v) is 5.83. The zero-order valence-corrected chi connectivity index (χ0v) is 10.7. The summed E-state index contributed by atoms with van der Waals surface area (Å²) in [5, 5.41) is 0.327. The van der Waals surface area contributed by atoms with Crippen LogP contribution in [0.1, 0.15) is 6.42 Å². The highest BCUT2D eigenvalue weighted by atomic mass is 35.5. The Kier molecular flexibility index (Phi) is 3.49. The van der Waals surface area contributed by atoms with E-state index in [0.29, 0.717) is 5.02 Å². The topological polar surface area (TPSA) is 80.2 Å². The minimum absolute atomic E-state index is 0.0326. The molecule has 1 unspecified atom stereocenters. The molecule has 1 fully saturated rings. The SMILES string of the molecule is O=C1CC(CS(=O)(=O)F)CN1c1ncc(Cl)cn1. The van der Waals surface area contributed by atoms with Gasteiger partial charge >= 0.3 is 10.2 Å². The van der Waals surface area contributed by atoms with Gasteiger partial charge in [-0.2, -0.15) is 8.42 Å². The van der Waals surface area contributed by atoms with Crippen LogP contribution in [0, 0.1) is 5.92 Å². The molecule has 1 aliphatic rings. The van der Waals surface area contributed by atoms with Gasteiger partial charge in [0, 0.05) is 18.9 Å². The van der Waals surface area contributed by atoms with Crippen LogP contribution in [0.2, 0.25) is 5.02 Å². The third-order valence-corrected chi connectivity index (χ3v) is 3.55. The summed E-state index contributed by atoms with van der Waals surface area (Å²) in [6.07, 6.45) is 2.63. The van der Waals surface area contributed by atoms with Crippen LogP contribution < -0.4 is 4.90 Å². The Hall–Kier alpha value is -1.28. The van der Waals surface area contributed by atoms with Crippen molar-refractivity contribution in [2.45, 2.75) is 6.42 Å². The average Bonchev–Trinajstić information content (AvgIpc) is 2.58. The minimum atomic E-state index is -4.58. The number of nitrogens with zero attached hydrogens (tertiary/aromatic N) is 3. The van der Waals surface area contributed by atoms with Crippen molar-refractivity contribution in [3.8, 4) is 0 Å². The van der Waals surface area contributed by atoms with Crippen LogP contribution in [0.5, 0.6) is 0 Å². The lowest BCUT2D eigenvalue weighted by Gasteiger charge is -2.13.